The molecule has 2 heterocycles. The lowest BCUT2D eigenvalue weighted by Gasteiger charge is -2.33. The molecule has 0 spiro atoms. The SMILES string of the molecule is COc1ccc(Cl)cc1NC(=O)CC[C@H]1CCCN(C(=O)CCc2c(C)noc2C)C1. The van der Waals surface area contributed by atoms with E-state index in [1.54, 1.807) is 25.3 Å². The topological polar surface area (TPSA) is 84.7 Å². The molecule has 1 aliphatic heterocycles. The van der Waals surface area contributed by atoms with Crippen molar-refractivity contribution in [1.82, 2.24) is 10.1 Å². The number of amides is 2. The summed E-state index contributed by atoms with van der Waals surface area (Å²) in [5.74, 6) is 1.75. The van der Waals surface area contributed by atoms with Crippen LogP contribution in [0.25, 0.3) is 0 Å². The van der Waals surface area contributed by atoms with E-state index >= 15 is 0 Å². The summed E-state index contributed by atoms with van der Waals surface area (Å²) in [5.41, 5.74) is 2.44. The fourth-order valence-corrected chi connectivity index (χ4v) is 4.27. The van der Waals surface area contributed by atoms with E-state index in [0.717, 1.165) is 42.8 Å². The van der Waals surface area contributed by atoms with Crippen LogP contribution in [0.4, 0.5) is 5.69 Å². The number of carbonyl (C=O) groups is 2. The van der Waals surface area contributed by atoms with Crippen LogP contribution in [0.3, 0.4) is 0 Å². The molecule has 0 aliphatic carbocycles. The predicted octanol–water partition coefficient (Wildman–Crippen LogP) is 4.54. The van der Waals surface area contributed by atoms with E-state index in [1.165, 1.54) is 0 Å². The number of anilines is 1. The van der Waals surface area contributed by atoms with Crippen molar-refractivity contribution in [2.24, 2.45) is 5.92 Å². The molecule has 3 rings (SSSR count). The van der Waals surface area contributed by atoms with Crippen LogP contribution < -0.4 is 10.1 Å². The highest BCUT2D eigenvalue weighted by Crippen LogP contribution is 2.28. The maximum absolute atomic E-state index is 12.7. The average Bonchev–Trinajstić information content (AvgIpc) is 3.08. The quantitative estimate of drug-likeness (QED) is 0.642. The van der Waals surface area contributed by atoms with E-state index < -0.39 is 0 Å². The molecule has 1 atom stereocenters. The van der Waals surface area contributed by atoms with E-state index in [2.05, 4.69) is 10.5 Å². The second-order valence-corrected chi connectivity index (χ2v) is 8.52. The van der Waals surface area contributed by atoms with Crippen LogP contribution in [-0.4, -0.2) is 42.1 Å². The number of nitrogens with zero attached hydrogens (tertiary/aromatic N) is 2. The Morgan fingerprint density at radius 1 is 1.32 bits per heavy atom. The van der Waals surface area contributed by atoms with Gasteiger partial charge >= 0.3 is 0 Å². The Hall–Kier alpha value is -2.54. The molecule has 2 amide bonds. The van der Waals surface area contributed by atoms with Gasteiger partial charge in [-0.05, 0) is 63.6 Å². The van der Waals surface area contributed by atoms with Gasteiger partial charge in [-0.2, -0.15) is 0 Å². The van der Waals surface area contributed by atoms with Gasteiger partial charge in [-0.15, -0.1) is 0 Å². The monoisotopic (exact) mass is 447 g/mol. The van der Waals surface area contributed by atoms with Crippen LogP contribution in [0.1, 0.15) is 49.1 Å². The van der Waals surface area contributed by atoms with Gasteiger partial charge in [0.15, 0.2) is 0 Å². The van der Waals surface area contributed by atoms with E-state index in [9.17, 15) is 9.59 Å². The molecule has 1 saturated heterocycles. The summed E-state index contributed by atoms with van der Waals surface area (Å²) in [6, 6.07) is 5.12. The third-order valence-corrected chi connectivity index (χ3v) is 6.09. The molecule has 1 aromatic carbocycles. The van der Waals surface area contributed by atoms with Crippen LogP contribution in [0.15, 0.2) is 22.7 Å². The minimum atomic E-state index is -0.0811. The third kappa shape index (κ3) is 6.23. The summed E-state index contributed by atoms with van der Waals surface area (Å²) >= 11 is 6.02. The van der Waals surface area contributed by atoms with Crippen molar-refractivity contribution in [2.75, 3.05) is 25.5 Å². The molecule has 31 heavy (non-hydrogen) atoms. The largest absolute Gasteiger partial charge is 0.495 e. The van der Waals surface area contributed by atoms with E-state index in [4.69, 9.17) is 20.9 Å². The molecule has 1 aromatic heterocycles. The van der Waals surface area contributed by atoms with Crippen LogP contribution in [0.5, 0.6) is 5.75 Å². The number of ether oxygens (including phenoxy) is 1. The van der Waals surface area contributed by atoms with Crippen LogP contribution in [0, 0.1) is 19.8 Å². The zero-order valence-corrected chi connectivity index (χ0v) is 19.1. The molecule has 2 aromatic rings. The lowest BCUT2D eigenvalue weighted by molar-refractivity contribution is -0.133. The lowest BCUT2D eigenvalue weighted by atomic mass is 9.93. The van der Waals surface area contributed by atoms with Crippen molar-refractivity contribution in [2.45, 2.75) is 52.4 Å². The van der Waals surface area contributed by atoms with Crippen LogP contribution in [0.2, 0.25) is 5.02 Å². The highest BCUT2D eigenvalue weighted by molar-refractivity contribution is 6.31. The Kier molecular flexibility index (Phi) is 7.96. The van der Waals surface area contributed by atoms with Gasteiger partial charge in [0.25, 0.3) is 0 Å². The normalized spacial score (nSPS) is 16.3. The summed E-state index contributed by atoms with van der Waals surface area (Å²) in [5, 5.41) is 7.37. The fourth-order valence-electron chi connectivity index (χ4n) is 4.10. The fraction of sp³-hybridized carbons (Fsp3) is 0.522. The van der Waals surface area contributed by atoms with Gasteiger partial charge in [0, 0.05) is 36.5 Å². The van der Waals surface area contributed by atoms with E-state index in [-0.39, 0.29) is 11.8 Å². The molecule has 0 bridgehead atoms. The minimum Gasteiger partial charge on any atom is -0.495 e. The molecule has 1 N–H and O–H groups in total. The van der Waals surface area contributed by atoms with Gasteiger partial charge in [0.1, 0.15) is 11.5 Å². The van der Waals surface area contributed by atoms with Crippen molar-refractivity contribution in [1.29, 1.82) is 0 Å². The number of rotatable bonds is 8. The number of likely N-dealkylation sites (tertiary alicyclic amines) is 1. The van der Waals surface area contributed by atoms with Crippen LogP contribution >= 0.6 is 11.6 Å². The number of benzene rings is 1. The van der Waals surface area contributed by atoms with E-state index in [0.29, 0.717) is 48.2 Å². The molecule has 0 unspecified atom stereocenters. The Morgan fingerprint density at radius 2 is 2.13 bits per heavy atom. The number of nitrogens with one attached hydrogen (secondary N) is 1. The number of aryl methyl sites for hydroxylation is 2. The first-order chi connectivity index (χ1) is 14.9. The highest BCUT2D eigenvalue weighted by atomic mass is 35.5. The lowest BCUT2D eigenvalue weighted by Crippen LogP contribution is -2.40. The number of methoxy groups -OCH3 is 1. The van der Waals surface area contributed by atoms with Crippen molar-refractivity contribution < 1.29 is 18.8 Å². The van der Waals surface area contributed by atoms with E-state index in [1.807, 2.05) is 18.7 Å². The van der Waals surface area contributed by atoms with Crippen molar-refractivity contribution in [3.05, 3.63) is 40.2 Å². The minimum absolute atomic E-state index is 0.0811. The molecule has 0 radical (unpaired) electrons. The molecule has 8 heteroatoms. The van der Waals surface area contributed by atoms with Crippen molar-refractivity contribution in [3.8, 4) is 5.75 Å². The van der Waals surface area contributed by atoms with Crippen LogP contribution in [-0.2, 0) is 16.0 Å². The Balaban J connectivity index is 1.46. The molecule has 1 fully saturated rings. The Labute approximate surface area is 188 Å². The summed E-state index contributed by atoms with van der Waals surface area (Å²) in [6.45, 7) is 5.26. The number of piperidine rings is 1. The standard InChI is InChI=1S/C23H30ClN3O4/c1-15-19(16(2)31-26-15)8-11-23(29)27-12-4-5-17(14-27)6-10-22(28)25-20-13-18(24)7-9-21(20)30-3/h7,9,13,17H,4-6,8,10-12,14H2,1-3H3,(H,25,28)/t17-/m1/s1. The van der Waals surface area contributed by atoms with Gasteiger partial charge in [-0.3, -0.25) is 9.59 Å². The van der Waals surface area contributed by atoms with Gasteiger partial charge in [-0.25, -0.2) is 0 Å². The first kappa shape index (κ1) is 23.1. The first-order valence-corrected chi connectivity index (χ1v) is 11.1. The summed E-state index contributed by atoms with van der Waals surface area (Å²) in [4.78, 5) is 27.1. The zero-order valence-electron chi connectivity index (χ0n) is 18.4. The predicted molar refractivity (Wildman–Crippen MR) is 119 cm³/mol. The summed E-state index contributed by atoms with van der Waals surface area (Å²) < 4.78 is 10.5. The zero-order chi connectivity index (χ0) is 22.4. The molecular weight excluding hydrogens is 418 g/mol. The molecule has 7 nitrogen and oxygen atoms in total. The number of hydrogen-bond donors (Lipinski definition) is 1. The maximum Gasteiger partial charge on any atom is 0.224 e. The van der Waals surface area contributed by atoms with Crippen molar-refractivity contribution in [3.63, 3.8) is 0 Å². The number of aromatic nitrogens is 1. The molecule has 1 aliphatic rings. The van der Waals surface area contributed by atoms with Gasteiger partial charge in [0.2, 0.25) is 11.8 Å². The van der Waals surface area contributed by atoms with Crippen molar-refractivity contribution >= 4 is 29.1 Å². The molecule has 168 valence electrons. The highest BCUT2D eigenvalue weighted by Gasteiger charge is 2.24. The number of halogens is 1. The van der Waals surface area contributed by atoms with Gasteiger partial charge in [0.05, 0.1) is 18.5 Å². The van der Waals surface area contributed by atoms with Gasteiger partial charge in [-0.1, -0.05) is 16.8 Å². The average molecular weight is 448 g/mol. The maximum atomic E-state index is 12.7. The molecular formula is C23H30ClN3O4. The second kappa shape index (κ2) is 10.7. The Morgan fingerprint density at radius 3 is 2.84 bits per heavy atom. The van der Waals surface area contributed by atoms with Gasteiger partial charge < -0.3 is 19.5 Å². The Bertz CT molecular complexity index is 908. The molecule has 0 saturated carbocycles. The first-order valence-electron chi connectivity index (χ1n) is 10.7. The smallest absolute Gasteiger partial charge is 0.224 e. The third-order valence-electron chi connectivity index (χ3n) is 5.86. The summed E-state index contributed by atoms with van der Waals surface area (Å²) in [7, 11) is 1.55. The number of hydrogen-bond acceptors (Lipinski definition) is 5. The second-order valence-electron chi connectivity index (χ2n) is 8.08. The number of carbonyl (C=O) groups excluding carboxylic acids is 2. The summed E-state index contributed by atoms with van der Waals surface area (Å²) in [6.07, 6.45) is 4.21.